The largest absolute Gasteiger partial charge is 0.348 e. The molecule has 0 unspecified atom stereocenters. The van der Waals surface area contributed by atoms with Crippen molar-refractivity contribution < 1.29 is 4.79 Å². The topological polar surface area (TPSA) is 45.8 Å². The van der Waals surface area contributed by atoms with Crippen LogP contribution in [0.15, 0.2) is 6.33 Å². The van der Waals surface area contributed by atoms with Crippen LogP contribution in [0.2, 0.25) is 0 Å². The summed E-state index contributed by atoms with van der Waals surface area (Å²) in [5.41, 5.74) is 2.08. The number of aryl methyl sites for hydroxylation is 1. The number of hydrogen-bond acceptors (Lipinski definition) is 2. The number of nitrogens with zero attached hydrogens (tertiary/aromatic N) is 1. The highest BCUT2D eigenvalue weighted by Crippen LogP contribution is 2.13. The minimum absolute atomic E-state index is 0.316. The van der Waals surface area contributed by atoms with Crippen LogP contribution in [0.1, 0.15) is 17.8 Å². The lowest BCUT2D eigenvalue weighted by molar-refractivity contribution is -0.118. The summed E-state index contributed by atoms with van der Waals surface area (Å²) in [4.78, 5) is 17.9. The molecule has 0 radical (unpaired) electrons. The molecule has 0 atom stereocenters. The second-order valence-electron chi connectivity index (χ2n) is 2.54. The molecule has 0 amide bonds. The maximum Gasteiger partial charge on any atom is 0.139 e. The van der Waals surface area contributed by atoms with Crippen molar-refractivity contribution in [3.05, 3.63) is 17.7 Å². The maximum atomic E-state index is 10.9. The van der Waals surface area contributed by atoms with Crippen molar-refractivity contribution in [3.63, 3.8) is 0 Å². The van der Waals surface area contributed by atoms with E-state index in [0.29, 0.717) is 18.6 Å². The number of H-pyrrole nitrogens is 1. The second-order valence-corrected chi connectivity index (χ2v) is 2.54. The third kappa shape index (κ3) is 0.744. The van der Waals surface area contributed by atoms with Gasteiger partial charge in [-0.1, -0.05) is 0 Å². The van der Waals surface area contributed by atoms with E-state index in [1.165, 1.54) is 0 Å². The number of imidazole rings is 1. The minimum atomic E-state index is 0.316. The average molecular weight is 136 g/mol. The molecular weight excluding hydrogens is 128 g/mol. The van der Waals surface area contributed by atoms with Crippen molar-refractivity contribution in [2.24, 2.45) is 0 Å². The molecule has 0 bridgehead atoms. The van der Waals surface area contributed by atoms with Gasteiger partial charge in [0, 0.05) is 18.5 Å². The van der Waals surface area contributed by atoms with Crippen molar-refractivity contribution in [2.75, 3.05) is 0 Å². The third-order valence-corrected chi connectivity index (χ3v) is 1.82. The predicted octanol–water partition coefficient (Wildman–Crippen LogP) is 0.468. The van der Waals surface area contributed by atoms with Gasteiger partial charge in [0.05, 0.1) is 12.0 Å². The Morgan fingerprint density at radius 2 is 2.40 bits per heavy atom. The van der Waals surface area contributed by atoms with Crippen LogP contribution in [0, 0.1) is 0 Å². The predicted molar refractivity (Wildman–Crippen MR) is 35.6 cm³/mol. The summed E-state index contributed by atoms with van der Waals surface area (Å²) >= 11 is 0. The Balaban J connectivity index is 2.39. The molecule has 0 fully saturated rings. The van der Waals surface area contributed by atoms with E-state index < -0.39 is 0 Å². The zero-order valence-corrected chi connectivity index (χ0v) is 5.55. The first-order valence-electron chi connectivity index (χ1n) is 3.39. The molecule has 3 heteroatoms. The smallest absolute Gasteiger partial charge is 0.139 e. The van der Waals surface area contributed by atoms with Crippen LogP contribution in [-0.2, 0) is 17.6 Å². The van der Waals surface area contributed by atoms with Crippen molar-refractivity contribution in [1.29, 1.82) is 0 Å². The van der Waals surface area contributed by atoms with Gasteiger partial charge >= 0.3 is 0 Å². The number of aromatic amines is 1. The molecule has 0 saturated heterocycles. The fraction of sp³-hybridized carbons (Fsp3) is 0.429. The van der Waals surface area contributed by atoms with Crippen LogP contribution in [0.3, 0.4) is 0 Å². The lowest BCUT2D eigenvalue weighted by Crippen LogP contribution is -2.12. The average Bonchev–Trinajstić information content (AvgIpc) is 2.33. The molecule has 0 aliphatic heterocycles. The van der Waals surface area contributed by atoms with Crippen LogP contribution in [-0.4, -0.2) is 15.8 Å². The summed E-state index contributed by atoms with van der Waals surface area (Å²) in [7, 11) is 0. The first kappa shape index (κ1) is 5.65. The number of fused-ring (bicyclic) bond motifs is 1. The summed E-state index contributed by atoms with van der Waals surface area (Å²) in [6, 6.07) is 0. The summed E-state index contributed by atoms with van der Waals surface area (Å²) in [6.45, 7) is 0. The van der Waals surface area contributed by atoms with Crippen LogP contribution in [0.5, 0.6) is 0 Å². The summed E-state index contributed by atoms with van der Waals surface area (Å²) in [5.74, 6) is 0.316. The summed E-state index contributed by atoms with van der Waals surface area (Å²) < 4.78 is 0. The zero-order chi connectivity index (χ0) is 6.97. The number of hydrogen-bond donors (Lipinski definition) is 1. The molecule has 1 N–H and O–H groups in total. The SMILES string of the molecule is O=C1CCc2nc[nH]c2C1. The fourth-order valence-electron chi connectivity index (χ4n) is 1.26. The Hall–Kier alpha value is -1.12. The third-order valence-electron chi connectivity index (χ3n) is 1.82. The van der Waals surface area contributed by atoms with Gasteiger partial charge in [-0.2, -0.15) is 0 Å². The summed E-state index contributed by atoms with van der Waals surface area (Å²) in [5, 5.41) is 0. The molecule has 3 nitrogen and oxygen atoms in total. The Labute approximate surface area is 58.5 Å². The molecule has 0 aromatic carbocycles. The van der Waals surface area contributed by atoms with E-state index in [9.17, 15) is 4.79 Å². The van der Waals surface area contributed by atoms with E-state index in [-0.39, 0.29) is 0 Å². The zero-order valence-electron chi connectivity index (χ0n) is 5.55. The first-order chi connectivity index (χ1) is 4.86. The van der Waals surface area contributed by atoms with Crippen molar-refractivity contribution in [2.45, 2.75) is 19.3 Å². The molecule has 1 heterocycles. The van der Waals surface area contributed by atoms with Gasteiger partial charge in [-0.3, -0.25) is 4.79 Å². The Kier molecular flexibility index (Phi) is 1.09. The molecule has 2 rings (SSSR count). The van der Waals surface area contributed by atoms with Crippen molar-refractivity contribution in [1.82, 2.24) is 9.97 Å². The van der Waals surface area contributed by atoms with Crippen LogP contribution in [0.25, 0.3) is 0 Å². The molecule has 1 aliphatic carbocycles. The lowest BCUT2D eigenvalue weighted by Gasteiger charge is -2.06. The van der Waals surface area contributed by atoms with Gasteiger partial charge in [0.2, 0.25) is 0 Å². The molecule has 1 aliphatic rings. The van der Waals surface area contributed by atoms with Gasteiger partial charge in [0.1, 0.15) is 5.78 Å². The monoisotopic (exact) mass is 136 g/mol. The Bertz CT molecular complexity index is 264. The molecule has 10 heavy (non-hydrogen) atoms. The number of nitrogens with one attached hydrogen (secondary N) is 1. The molecule has 0 saturated carbocycles. The maximum absolute atomic E-state index is 10.9. The van der Waals surface area contributed by atoms with E-state index in [1.54, 1.807) is 6.33 Å². The first-order valence-corrected chi connectivity index (χ1v) is 3.39. The van der Waals surface area contributed by atoms with Gasteiger partial charge in [-0.25, -0.2) is 4.98 Å². The highest BCUT2D eigenvalue weighted by atomic mass is 16.1. The Morgan fingerprint density at radius 1 is 1.50 bits per heavy atom. The Morgan fingerprint density at radius 3 is 3.30 bits per heavy atom. The van der Waals surface area contributed by atoms with E-state index in [4.69, 9.17) is 0 Å². The fourth-order valence-corrected chi connectivity index (χ4v) is 1.26. The minimum Gasteiger partial charge on any atom is -0.348 e. The number of rotatable bonds is 0. The molecule has 52 valence electrons. The lowest BCUT2D eigenvalue weighted by atomic mass is 10.0. The van der Waals surface area contributed by atoms with Gasteiger partial charge < -0.3 is 4.98 Å². The number of carbonyl (C=O) groups excluding carboxylic acids is 1. The number of aromatic nitrogens is 2. The van der Waals surface area contributed by atoms with Gasteiger partial charge in [0.25, 0.3) is 0 Å². The quantitative estimate of drug-likeness (QED) is 0.563. The van der Waals surface area contributed by atoms with Crippen molar-refractivity contribution in [3.8, 4) is 0 Å². The van der Waals surface area contributed by atoms with E-state index in [1.807, 2.05) is 0 Å². The van der Waals surface area contributed by atoms with E-state index in [0.717, 1.165) is 17.8 Å². The highest BCUT2D eigenvalue weighted by Gasteiger charge is 2.16. The molecule has 0 spiro atoms. The molecular formula is C7H8N2O. The highest BCUT2D eigenvalue weighted by molar-refractivity contribution is 5.82. The van der Waals surface area contributed by atoms with E-state index >= 15 is 0 Å². The molecule has 1 aromatic heterocycles. The number of ketones is 1. The van der Waals surface area contributed by atoms with E-state index in [2.05, 4.69) is 9.97 Å². The normalized spacial score (nSPS) is 17.0. The summed E-state index contributed by atoms with van der Waals surface area (Å²) in [6.07, 6.45) is 3.69. The van der Waals surface area contributed by atoms with Crippen LogP contribution >= 0.6 is 0 Å². The number of carbonyl (C=O) groups is 1. The second kappa shape index (κ2) is 1.94. The van der Waals surface area contributed by atoms with Gasteiger partial charge in [0.15, 0.2) is 0 Å². The van der Waals surface area contributed by atoms with Gasteiger partial charge in [-0.05, 0) is 6.42 Å². The van der Waals surface area contributed by atoms with Crippen molar-refractivity contribution >= 4 is 5.78 Å². The van der Waals surface area contributed by atoms with Crippen LogP contribution in [0.4, 0.5) is 0 Å². The standard InChI is InChI=1S/C7H8N2O/c10-5-1-2-6-7(3-5)9-4-8-6/h4H,1-3H2,(H,8,9). The number of Topliss-reactive ketones (excluding diaryl/α,β-unsaturated/α-hetero) is 1. The molecule has 1 aromatic rings. The van der Waals surface area contributed by atoms with Gasteiger partial charge in [-0.15, -0.1) is 0 Å². The van der Waals surface area contributed by atoms with Crippen LogP contribution < -0.4 is 0 Å².